The summed E-state index contributed by atoms with van der Waals surface area (Å²) >= 11 is 0. The number of aromatic nitrogens is 1. The number of aldehydes is 1. The van der Waals surface area contributed by atoms with Crippen molar-refractivity contribution in [2.75, 3.05) is 0 Å². The second-order valence-corrected chi connectivity index (χ2v) is 15.1. The second kappa shape index (κ2) is 14.2. The van der Waals surface area contributed by atoms with Crippen molar-refractivity contribution in [1.29, 1.82) is 0 Å². The van der Waals surface area contributed by atoms with E-state index in [1.54, 1.807) is 6.07 Å². The Labute approximate surface area is 225 Å². The van der Waals surface area contributed by atoms with Crippen molar-refractivity contribution in [3.05, 3.63) is 96.3 Å². The maximum Gasteiger partial charge on any atom is 0.261 e. The molecular weight excluding hydrogens is 470 g/mol. The molecule has 0 spiro atoms. The number of unbranched alkanes of at least 4 members (excludes halogenated alkanes) is 5. The van der Waals surface area contributed by atoms with E-state index in [0.717, 1.165) is 24.8 Å². The zero-order valence-electron chi connectivity index (χ0n) is 23.0. The molecule has 0 bridgehead atoms. The molecule has 4 heteroatoms. The molecule has 3 aromatic rings. The van der Waals surface area contributed by atoms with Crippen LogP contribution in [0.2, 0.25) is 5.04 Å². The van der Waals surface area contributed by atoms with E-state index in [9.17, 15) is 4.79 Å². The third-order valence-electron chi connectivity index (χ3n) is 6.98. The van der Waals surface area contributed by atoms with Gasteiger partial charge in [0.05, 0.1) is 11.8 Å². The van der Waals surface area contributed by atoms with Gasteiger partial charge in [0.2, 0.25) is 0 Å². The Hall–Kier alpha value is -2.82. The van der Waals surface area contributed by atoms with Gasteiger partial charge in [0, 0.05) is 0 Å². The number of carbonyl (C=O) groups is 1. The van der Waals surface area contributed by atoms with Gasteiger partial charge in [-0.15, -0.1) is 0 Å². The van der Waals surface area contributed by atoms with Gasteiger partial charge in [0.15, 0.2) is 6.29 Å². The summed E-state index contributed by atoms with van der Waals surface area (Å²) in [4.78, 5) is 15.7. The lowest BCUT2D eigenvalue weighted by atomic mass is 10.1. The molecule has 0 amide bonds. The van der Waals surface area contributed by atoms with Crippen LogP contribution in [-0.2, 0) is 4.43 Å². The van der Waals surface area contributed by atoms with Crippen LogP contribution in [0.25, 0.3) is 6.08 Å². The van der Waals surface area contributed by atoms with E-state index in [4.69, 9.17) is 4.43 Å². The molecule has 1 unspecified atom stereocenters. The zero-order chi connectivity index (χ0) is 26.6. The minimum Gasteiger partial charge on any atom is -0.401 e. The van der Waals surface area contributed by atoms with E-state index in [1.165, 1.54) is 42.5 Å². The van der Waals surface area contributed by atoms with Crippen LogP contribution in [0.4, 0.5) is 0 Å². The average molecular weight is 514 g/mol. The third kappa shape index (κ3) is 7.83. The maximum absolute atomic E-state index is 11.3. The van der Waals surface area contributed by atoms with Gasteiger partial charge in [-0.05, 0) is 40.0 Å². The Balaban J connectivity index is 1.99. The van der Waals surface area contributed by atoms with Gasteiger partial charge < -0.3 is 4.43 Å². The zero-order valence-corrected chi connectivity index (χ0v) is 24.0. The van der Waals surface area contributed by atoms with Crippen LogP contribution >= 0.6 is 0 Å². The van der Waals surface area contributed by atoms with Crippen LogP contribution in [0.15, 0.2) is 84.9 Å². The van der Waals surface area contributed by atoms with Crippen molar-refractivity contribution in [2.45, 2.75) is 83.8 Å². The summed E-state index contributed by atoms with van der Waals surface area (Å²) in [5.74, 6) is 0. The molecule has 0 saturated heterocycles. The molecule has 0 fully saturated rings. The Morgan fingerprint density at radius 1 is 0.784 bits per heavy atom. The van der Waals surface area contributed by atoms with Crippen LogP contribution in [0.3, 0.4) is 0 Å². The topological polar surface area (TPSA) is 39.2 Å². The van der Waals surface area contributed by atoms with Gasteiger partial charge in [-0.1, -0.05) is 139 Å². The highest BCUT2D eigenvalue weighted by Crippen LogP contribution is 2.38. The molecule has 0 aliphatic carbocycles. The van der Waals surface area contributed by atoms with Gasteiger partial charge in [-0.25, -0.2) is 4.98 Å². The first kappa shape index (κ1) is 28.7. The molecule has 0 radical (unpaired) electrons. The summed E-state index contributed by atoms with van der Waals surface area (Å²) in [7, 11) is -2.68. The molecule has 1 aromatic heterocycles. The van der Waals surface area contributed by atoms with Crippen LogP contribution in [-0.4, -0.2) is 25.7 Å². The lowest BCUT2D eigenvalue weighted by Gasteiger charge is -2.45. The van der Waals surface area contributed by atoms with Crippen molar-refractivity contribution < 1.29 is 9.22 Å². The molecule has 1 atom stereocenters. The van der Waals surface area contributed by atoms with Crippen molar-refractivity contribution >= 4 is 31.1 Å². The monoisotopic (exact) mass is 513 g/mol. The van der Waals surface area contributed by atoms with Crippen molar-refractivity contribution in [3.8, 4) is 0 Å². The maximum atomic E-state index is 11.3. The van der Waals surface area contributed by atoms with Crippen LogP contribution < -0.4 is 10.4 Å². The predicted molar refractivity (Wildman–Crippen MR) is 159 cm³/mol. The first-order chi connectivity index (χ1) is 17.9. The third-order valence-corrected chi connectivity index (χ3v) is 12.0. The largest absolute Gasteiger partial charge is 0.401 e. The fraction of sp³-hybridized carbons (Fsp3) is 0.394. The van der Waals surface area contributed by atoms with Crippen LogP contribution in [0, 0.1) is 0 Å². The number of carbonyl (C=O) groups excluding carboxylic acids is 1. The summed E-state index contributed by atoms with van der Waals surface area (Å²) in [6.07, 6.45) is 13.4. The van der Waals surface area contributed by atoms with Gasteiger partial charge in [-0.3, -0.25) is 4.79 Å². The Bertz CT molecular complexity index is 1070. The summed E-state index contributed by atoms with van der Waals surface area (Å²) in [5, 5.41) is 2.49. The minimum absolute atomic E-state index is 0.0563. The van der Waals surface area contributed by atoms with E-state index < -0.39 is 8.32 Å². The van der Waals surface area contributed by atoms with Crippen LogP contribution in [0.5, 0.6) is 0 Å². The highest BCUT2D eigenvalue weighted by molar-refractivity contribution is 6.99. The highest BCUT2D eigenvalue weighted by Gasteiger charge is 2.51. The van der Waals surface area contributed by atoms with Gasteiger partial charge in [0.1, 0.15) is 5.69 Å². The van der Waals surface area contributed by atoms with E-state index in [0.29, 0.717) is 5.69 Å². The van der Waals surface area contributed by atoms with E-state index in [-0.39, 0.29) is 11.1 Å². The molecule has 196 valence electrons. The predicted octanol–water partition coefficient (Wildman–Crippen LogP) is 7.60. The molecule has 3 rings (SSSR count). The molecule has 0 N–H and O–H groups in total. The molecule has 0 saturated carbocycles. The fourth-order valence-electron chi connectivity index (χ4n) is 5.07. The molecule has 0 aliphatic rings. The smallest absolute Gasteiger partial charge is 0.261 e. The highest BCUT2D eigenvalue weighted by atomic mass is 28.4. The first-order valence-electron chi connectivity index (χ1n) is 13.8. The number of hydrogen-bond acceptors (Lipinski definition) is 3. The summed E-state index contributed by atoms with van der Waals surface area (Å²) in [5.41, 5.74) is 1.23. The van der Waals surface area contributed by atoms with E-state index in [2.05, 4.69) is 99.4 Å². The standard InChI is InChI=1S/C33H43NO2Si/c1-5-6-7-8-9-12-20-30(26-25-28-18-17-19-29(27-35)34-28)36-37(33(2,3)4,31-21-13-10-14-22-31)32-23-15-11-16-24-32/h10-11,13-19,21-27,30H,5-9,12,20H2,1-4H3. The summed E-state index contributed by atoms with van der Waals surface area (Å²) in [6, 6.07) is 27.2. The number of benzene rings is 2. The molecular formula is C33H43NO2Si. The quantitative estimate of drug-likeness (QED) is 0.127. The lowest BCUT2D eigenvalue weighted by molar-refractivity contribution is 0.111. The number of hydrogen-bond donors (Lipinski definition) is 0. The molecule has 2 aromatic carbocycles. The average Bonchev–Trinajstić information content (AvgIpc) is 2.92. The van der Waals surface area contributed by atoms with Crippen molar-refractivity contribution in [2.24, 2.45) is 0 Å². The summed E-state index contributed by atoms with van der Waals surface area (Å²) in [6.45, 7) is 9.21. The SMILES string of the molecule is CCCCCCCCC(C=Cc1cccc(C=O)n1)O[Si](c1ccccc1)(c1ccccc1)C(C)(C)C. The molecule has 37 heavy (non-hydrogen) atoms. The first-order valence-corrected chi connectivity index (χ1v) is 15.7. The Morgan fingerprint density at radius 3 is 1.92 bits per heavy atom. The molecule has 3 nitrogen and oxygen atoms in total. The molecule has 1 heterocycles. The van der Waals surface area contributed by atoms with E-state index >= 15 is 0 Å². The number of rotatable bonds is 14. The van der Waals surface area contributed by atoms with Crippen molar-refractivity contribution in [3.63, 3.8) is 0 Å². The number of nitrogens with zero attached hydrogens (tertiary/aromatic N) is 1. The summed E-state index contributed by atoms with van der Waals surface area (Å²) < 4.78 is 7.44. The van der Waals surface area contributed by atoms with Crippen molar-refractivity contribution in [1.82, 2.24) is 4.98 Å². The second-order valence-electron chi connectivity index (χ2n) is 10.8. The normalized spacial score (nSPS) is 13.1. The van der Waals surface area contributed by atoms with Gasteiger partial charge >= 0.3 is 0 Å². The van der Waals surface area contributed by atoms with E-state index in [1.807, 2.05) is 18.2 Å². The molecule has 0 aliphatic heterocycles. The number of pyridine rings is 1. The Kier molecular flexibility index (Phi) is 11.0. The van der Waals surface area contributed by atoms with Gasteiger partial charge in [-0.2, -0.15) is 0 Å². The Morgan fingerprint density at radius 2 is 1.35 bits per heavy atom. The fourth-order valence-corrected chi connectivity index (χ4v) is 9.74. The lowest BCUT2D eigenvalue weighted by Crippen LogP contribution is -2.67. The van der Waals surface area contributed by atoms with Crippen LogP contribution in [0.1, 0.15) is 88.8 Å². The minimum atomic E-state index is -2.68. The van der Waals surface area contributed by atoms with Gasteiger partial charge in [0.25, 0.3) is 8.32 Å².